The molecule has 78 valence electrons. The van der Waals surface area contributed by atoms with Crippen LogP contribution in [0.2, 0.25) is 0 Å². The van der Waals surface area contributed by atoms with Gasteiger partial charge in [0.1, 0.15) is 6.61 Å². The Morgan fingerprint density at radius 1 is 1.62 bits per heavy atom. The highest BCUT2D eigenvalue weighted by Crippen LogP contribution is 1.95. The van der Waals surface area contributed by atoms with E-state index in [4.69, 9.17) is 9.84 Å². The average Bonchev–Trinajstić information content (AvgIpc) is 2.10. The summed E-state index contributed by atoms with van der Waals surface area (Å²) in [7, 11) is 0. The van der Waals surface area contributed by atoms with Gasteiger partial charge in [-0.25, -0.2) is 0 Å². The van der Waals surface area contributed by atoms with E-state index in [2.05, 4.69) is 12.2 Å². The van der Waals surface area contributed by atoms with Gasteiger partial charge in [0.05, 0.1) is 6.10 Å². The minimum absolute atomic E-state index is 0.346. The van der Waals surface area contributed by atoms with Crippen molar-refractivity contribution in [2.75, 3.05) is 13.2 Å². The van der Waals surface area contributed by atoms with E-state index >= 15 is 0 Å². The summed E-state index contributed by atoms with van der Waals surface area (Å²) < 4.78 is 5.30. The van der Waals surface area contributed by atoms with Crippen molar-refractivity contribution in [1.82, 2.24) is 5.32 Å². The van der Waals surface area contributed by atoms with Gasteiger partial charge in [-0.3, -0.25) is 0 Å². The van der Waals surface area contributed by atoms with Crippen LogP contribution in [0.25, 0.3) is 0 Å². The SMILES string of the molecule is CC=C(NCCCC)OCC(C)O. The zero-order valence-corrected chi connectivity index (χ0v) is 8.84. The molecule has 0 saturated heterocycles. The van der Waals surface area contributed by atoms with Crippen molar-refractivity contribution in [3.63, 3.8) is 0 Å². The molecule has 1 unspecified atom stereocenters. The molecule has 3 heteroatoms. The molecule has 0 spiro atoms. The van der Waals surface area contributed by atoms with Gasteiger partial charge in [-0.15, -0.1) is 0 Å². The van der Waals surface area contributed by atoms with E-state index in [0.717, 1.165) is 18.8 Å². The van der Waals surface area contributed by atoms with Crippen LogP contribution < -0.4 is 5.32 Å². The normalized spacial score (nSPS) is 14.0. The predicted octanol–water partition coefficient (Wildman–Crippen LogP) is 1.63. The first-order valence-corrected chi connectivity index (χ1v) is 4.91. The van der Waals surface area contributed by atoms with Crippen LogP contribution in [0.15, 0.2) is 12.0 Å². The van der Waals surface area contributed by atoms with Gasteiger partial charge in [0.2, 0.25) is 0 Å². The van der Waals surface area contributed by atoms with Crippen LogP contribution in [-0.4, -0.2) is 24.4 Å². The number of allylic oxidation sites excluding steroid dienone is 1. The van der Waals surface area contributed by atoms with Crippen molar-refractivity contribution in [2.24, 2.45) is 0 Å². The van der Waals surface area contributed by atoms with Crippen molar-refractivity contribution in [1.29, 1.82) is 0 Å². The Kier molecular flexibility index (Phi) is 7.50. The Labute approximate surface area is 80.8 Å². The van der Waals surface area contributed by atoms with Crippen LogP contribution in [-0.2, 0) is 4.74 Å². The minimum Gasteiger partial charge on any atom is -0.477 e. The molecule has 0 aromatic rings. The van der Waals surface area contributed by atoms with Crippen molar-refractivity contribution >= 4 is 0 Å². The minimum atomic E-state index is -0.414. The molecule has 0 rings (SSSR count). The number of ether oxygens (including phenoxy) is 1. The summed E-state index contributed by atoms with van der Waals surface area (Å²) in [6, 6.07) is 0. The maximum atomic E-state index is 8.99. The molecule has 0 radical (unpaired) electrons. The molecular weight excluding hydrogens is 166 g/mol. The fourth-order valence-electron chi connectivity index (χ4n) is 0.835. The summed E-state index contributed by atoms with van der Waals surface area (Å²) in [6.07, 6.45) is 3.76. The van der Waals surface area contributed by atoms with Crippen LogP contribution in [0.5, 0.6) is 0 Å². The molecular formula is C10H21NO2. The summed E-state index contributed by atoms with van der Waals surface area (Å²) in [4.78, 5) is 0. The predicted molar refractivity (Wildman–Crippen MR) is 54.3 cm³/mol. The van der Waals surface area contributed by atoms with Crippen LogP contribution in [0, 0.1) is 0 Å². The van der Waals surface area contributed by atoms with Gasteiger partial charge in [0, 0.05) is 6.54 Å². The van der Waals surface area contributed by atoms with Crippen LogP contribution in [0.4, 0.5) is 0 Å². The van der Waals surface area contributed by atoms with E-state index in [1.807, 2.05) is 13.0 Å². The van der Waals surface area contributed by atoms with Gasteiger partial charge < -0.3 is 15.2 Å². The molecule has 0 bridgehead atoms. The number of rotatable bonds is 7. The summed E-state index contributed by atoms with van der Waals surface area (Å²) in [5.74, 6) is 0.759. The fraction of sp³-hybridized carbons (Fsp3) is 0.800. The van der Waals surface area contributed by atoms with Crippen molar-refractivity contribution in [2.45, 2.75) is 39.7 Å². The second kappa shape index (κ2) is 7.92. The third-order valence-electron chi connectivity index (χ3n) is 1.57. The molecule has 0 heterocycles. The third kappa shape index (κ3) is 7.65. The van der Waals surface area contributed by atoms with E-state index in [-0.39, 0.29) is 0 Å². The van der Waals surface area contributed by atoms with E-state index in [9.17, 15) is 0 Å². The van der Waals surface area contributed by atoms with Gasteiger partial charge in [0.15, 0.2) is 5.88 Å². The number of hydrogen-bond donors (Lipinski definition) is 2. The van der Waals surface area contributed by atoms with Gasteiger partial charge in [-0.1, -0.05) is 13.3 Å². The van der Waals surface area contributed by atoms with Crippen molar-refractivity contribution < 1.29 is 9.84 Å². The summed E-state index contributed by atoms with van der Waals surface area (Å²) in [5.41, 5.74) is 0. The smallest absolute Gasteiger partial charge is 0.182 e. The Balaban J connectivity index is 3.53. The lowest BCUT2D eigenvalue weighted by Gasteiger charge is -2.13. The summed E-state index contributed by atoms with van der Waals surface area (Å²) in [5, 5.41) is 12.1. The number of aliphatic hydroxyl groups excluding tert-OH is 1. The van der Waals surface area contributed by atoms with E-state index in [1.54, 1.807) is 6.92 Å². The number of aliphatic hydroxyl groups is 1. The second-order valence-electron chi connectivity index (χ2n) is 3.09. The lowest BCUT2D eigenvalue weighted by molar-refractivity contribution is 0.0757. The van der Waals surface area contributed by atoms with Gasteiger partial charge in [-0.2, -0.15) is 0 Å². The van der Waals surface area contributed by atoms with Gasteiger partial charge >= 0.3 is 0 Å². The quantitative estimate of drug-likeness (QED) is 0.470. The fourth-order valence-corrected chi connectivity index (χ4v) is 0.835. The first-order chi connectivity index (χ1) is 6.20. The Morgan fingerprint density at radius 2 is 2.31 bits per heavy atom. The monoisotopic (exact) mass is 187 g/mol. The number of unbranched alkanes of at least 4 members (excludes halogenated alkanes) is 1. The molecule has 0 amide bonds. The maximum Gasteiger partial charge on any atom is 0.182 e. The van der Waals surface area contributed by atoms with E-state index in [0.29, 0.717) is 6.61 Å². The van der Waals surface area contributed by atoms with Crippen molar-refractivity contribution in [3.05, 3.63) is 12.0 Å². The standard InChI is InChI=1S/C10H21NO2/c1-4-6-7-11-10(5-2)13-8-9(3)12/h5,9,11-12H,4,6-8H2,1-3H3. The van der Waals surface area contributed by atoms with Gasteiger partial charge in [0.25, 0.3) is 0 Å². The highest BCUT2D eigenvalue weighted by molar-refractivity contribution is 4.87. The van der Waals surface area contributed by atoms with E-state index < -0.39 is 6.10 Å². The lowest BCUT2D eigenvalue weighted by Crippen LogP contribution is -2.20. The summed E-state index contributed by atoms with van der Waals surface area (Å²) in [6.45, 7) is 7.04. The molecule has 0 saturated carbocycles. The Bertz CT molecular complexity index is 144. The average molecular weight is 187 g/mol. The first kappa shape index (κ1) is 12.3. The molecule has 0 aliphatic carbocycles. The largest absolute Gasteiger partial charge is 0.477 e. The van der Waals surface area contributed by atoms with Crippen LogP contribution in [0.1, 0.15) is 33.6 Å². The third-order valence-corrected chi connectivity index (χ3v) is 1.57. The topological polar surface area (TPSA) is 41.5 Å². The second-order valence-corrected chi connectivity index (χ2v) is 3.09. The molecule has 0 aliphatic rings. The van der Waals surface area contributed by atoms with Crippen LogP contribution in [0.3, 0.4) is 0 Å². The highest BCUT2D eigenvalue weighted by atomic mass is 16.5. The molecule has 1 atom stereocenters. The molecule has 0 fully saturated rings. The molecule has 0 aromatic carbocycles. The van der Waals surface area contributed by atoms with E-state index in [1.165, 1.54) is 6.42 Å². The summed E-state index contributed by atoms with van der Waals surface area (Å²) >= 11 is 0. The molecule has 0 aromatic heterocycles. The Hall–Kier alpha value is -0.700. The highest BCUT2D eigenvalue weighted by Gasteiger charge is 1.98. The maximum absolute atomic E-state index is 8.99. The first-order valence-electron chi connectivity index (χ1n) is 4.91. The molecule has 0 aliphatic heterocycles. The lowest BCUT2D eigenvalue weighted by atomic mass is 10.3. The zero-order valence-electron chi connectivity index (χ0n) is 8.84. The van der Waals surface area contributed by atoms with Crippen LogP contribution >= 0.6 is 0 Å². The van der Waals surface area contributed by atoms with Gasteiger partial charge in [-0.05, 0) is 26.3 Å². The zero-order chi connectivity index (χ0) is 10.1. The number of hydrogen-bond acceptors (Lipinski definition) is 3. The Morgan fingerprint density at radius 3 is 2.77 bits per heavy atom. The number of nitrogens with one attached hydrogen (secondary N) is 1. The van der Waals surface area contributed by atoms with Crippen molar-refractivity contribution in [3.8, 4) is 0 Å². The molecule has 13 heavy (non-hydrogen) atoms. The molecule has 3 nitrogen and oxygen atoms in total. The molecule has 2 N–H and O–H groups in total.